The lowest BCUT2D eigenvalue weighted by atomic mass is 10.1. The average Bonchev–Trinajstić information content (AvgIpc) is 2.03. The van der Waals surface area contributed by atoms with Crippen molar-refractivity contribution in [2.45, 2.75) is 13.3 Å². The van der Waals surface area contributed by atoms with E-state index in [9.17, 15) is 13.6 Å². The molecule has 1 aromatic rings. The lowest BCUT2D eigenvalue weighted by molar-refractivity contribution is 0.101. The van der Waals surface area contributed by atoms with E-state index in [-0.39, 0.29) is 11.3 Å². The van der Waals surface area contributed by atoms with Crippen molar-refractivity contribution in [2.24, 2.45) is 0 Å². The molecule has 0 heterocycles. The summed E-state index contributed by atoms with van der Waals surface area (Å²) in [4.78, 5) is 10.9. The first-order valence-corrected chi connectivity index (χ1v) is 4.40. The number of alkyl halides is 2. The fourth-order valence-corrected chi connectivity index (χ4v) is 1.63. The van der Waals surface area contributed by atoms with Crippen molar-refractivity contribution in [3.63, 3.8) is 0 Å². The molecule has 0 unspecified atom stereocenters. The second kappa shape index (κ2) is 3.96. The molecule has 0 N–H and O–H groups in total. The number of carbonyl (C=O) groups is 1. The SMILES string of the molecule is CC(=O)c1ccc(C(F)F)cc1Br. The zero-order valence-corrected chi connectivity index (χ0v) is 8.44. The summed E-state index contributed by atoms with van der Waals surface area (Å²) in [7, 11) is 0. The molecule has 0 saturated carbocycles. The molecule has 13 heavy (non-hydrogen) atoms. The fraction of sp³-hybridized carbons (Fsp3) is 0.222. The van der Waals surface area contributed by atoms with Crippen LogP contribution in [0.2, 0.25) is 0 Å². The molecular formula is C9H7BrF2O. The van der Waals surface area contributed by atoms with E-state index >= 15 is 0 Å². The first-order chi connectivity index (χ1) is 6.02. The molecule has 0 aromatic heterocycles. The summed E-state index contributed by atoms with van der Waals surface area (Å²) < 4.78 is 24.8. The Bertz CT molecular complexity index is 336. The molecule has 4 heteroatoms. The van der Waals surface area contributed by atoms with E-state index in [1.807, 2.05) is 0 Å². The molecule has 0 bridgehead atoms. The predicted molar refractivity (Wildman–Crippen MR) is 49.1 cm³/mol. The van der Waals surface area contributed by atoms with E-state index in [0.29, 0.717) is 10.0 Å². The van der Waals surface area contributed by atoms with Gasteiger partial charge in [-0.15, -0.1) is 0 Å². The number of hydrogen-bond donors (Lipinski definition) is 0. The smallest absolute Gasteiger partial charge is 0.263 e. The average molecular weight is 249 g/mol. The highest BCUT2D eigenvalue weighted by atomic mass is 79.9. The van der Waals surface area contributed by atoms with Crippen LogP contribution in [0.5, 0.6) is 0 Å². The third-order valence-corrected chi connectivity index (χ3v) is 2.28. The van der Waals surface area contributed by atoms with Crippen molar-refractivity contribution >= 4 is 21.7 Å². The van der Waals surface area contributed by atoms with Gasteiger partial charge in [-0.1, -0.05) is 22.0 Å². The summed E-state index contributed by atoms with van der Waals surface area (Å²) in [5.41, 5.74) is 0.335. The maximum absolute atomic E-state index is 12.2. The minimum atomic E-state index is -2.50. The van der Waals surface area contributed by atoms with Gasteiger partial charge in [-0.2, -0.15) is 0 Å². The molecule has 0 saturated heterocycles. The minimum Gasteiger partial charge on any atom is -0.294 e. The zero-order valence-electron chi connectivity index (χ0n) is 6.85. The summed E-state index contributed by atoms with van der Waals surface area (Å²) in [6.45, 7) is 1.39. The van der Waals surface area contributed by atoms with E-state index in [2.05, 4.69) is 15.9 Å². The van der Waals surface area contributed by atoms with Gasteiger partial charge in [0.05, 0.1) is 0 Å². The molecule has 0 radical (unpaired) electrons. The Morgan fingerprint density at radius 3 is 2.46 bits per heavy atom. The summed E-state index contributed by atoms with van der Waals surface area (Å²) >= 11 is 3.06. The van der Waals surface area contributed by atoms with Crippen LogP contribution in [-0.4, -0.2) is 5.78 Å². The summed E-state index contributed by atoms with van der Waals surface area (Å²) in [5, 5.41) is 0. The number of hydrogen-bond acceptors (Lipinski definition) is 1. The molecule has 0 atom stereocenters. The highest BCUT2D eigenvalue weighted by Crippen LogP contribution is 2.25. The first-order valence-electron chi connectivity index (χ1n) is 3.61. The topological polar surface area (TPSA) is 17.1 Å². The molecule has 0 aliphatic carbocycles. The number of carbonyl (C=O) groups excluding carboxylic acids is 1. The Kier molecular flexibility index (Phi) is 3.14. The van der Waals surface area contributed by atoms with E-state index < -0.39 is 6.43 Å². The second-order valence-corrected chi connectivity index (χ2v) is 3.45. The van der Waals surface area contributed by atoms with Gasteiger partial charge in [0, 0.05) is 15.6 Å². The van der Waals surface area contributed by atoms with E-state index in [1.165, 1.54) is 25.1 Å². The van der Waals surface area contributed by atoms with Crippen LogP contribution in [0.25, 0.3) is 0 Å². The van der Waals surface area contributed by atoms with E-state index in [1.54, 1.807) is 0 Å². The van der Waals surface area contributed by atoms with Crippen molar-refractivity contribution in [3.8, 4) is 0 Å². The first kappa shape index (κ1) is 10.3. The highest BCUT2D eigenvalue weighted by molar-refractivity contribution is 9.10. The van der Waals surface area contributed by atoms with Crippen LogP contribution in [0.4, 0.5) is 8.78 Å². The summed E-state index contributed by atoms with van der Waals surface area (Å²) in [5.74, 6) is -0.146. The largest absolute Gasteiger partial charge is 0.294 e. The molecule has 0 spiro atoms. The standard InChI is InChI=1S/C9H7BrF2O/c1-5(13)7-3-2-6(9(11)12)4-8(7)10/h2-4,9H,1H3. The summed E-state index contributed by atoms with van der Waals surface area (Å²) in [6.07, 6.45) is -2.50. The van der Waals surface area contributed by atoms with Gasteiger partial charge >= 0.3 is 0 Å². The van der Waals surface area contributed by atoms with E-state index in [0.717, 1.165) is 0 Å². The van der Waals surface area contributed by atoms with Crippen LogP contribution in [0.1, 0.15) is 29.3 Å². The van der Waals surface area contributed by atoms with Crippen LogP contribution < -0.4 is 0 Å². The molecule has 70 valence electrons. The van der Waals surface area contributed by atoms with E-state index in [4.69, 9.17) is 0 Å². The van der Waals surface area contributed by atoms with Gasteiger partial charge in [-0.25, -0.2) is 8.78 Å². The number of halogens is 3. The maximum atomic E-state index is 12.2. The molecule has 1 rings (SSSR count). The molecule has 1 nitrogen and oxygen atoms in total. The predicted octanol–water partition coefficient (Wildman–Crippen LogP) is 3.59. The van der Waals surface area contributed by atoms with Gasteiger partial charge in [0.15, 0.2) is 5.78 Å². The zero-order chi connectivity index (χ0) is 10.0. The lowest BCUT2D eigenvalue weighted by Gasteiger charge is -2.03. The number of rotatable bonds is 2. The minimum absolute atomic E-state index is 0.0862. The molecule has 0 aliphatic rings. The fourth-order valence-electron chi connectivity index (χ4n) is 0.953. The van der Waals surface area contributed by atoms with Crippen LogP contribution in [0.3, 0.4) is 0 Å². The van der Waals surface area contributed by atoms with Crippen LogP contribution in [0, 0.1) is 0 Å². The van der Waals surface area contributed by atoms with Crippen molar-refractivity contribution in [1.82, 2.24) is 0 Å². The molecule has 0 amide bonds. The van der Waals surface area contributed by atoms with Gasteiger partial charge in [-0.05, 0) is 19.1 Å². The third-order valence-electron chi connectivity index (χ3n) is 1.62. The number of benzene rings is 1. The Morgan fingerprint density at radius 1 is 1.46 bits per heavy atom. The monoisotopic (exact) mass is 248 g/mol. The Hall–Kier alpha value is -0.770. The van der Waals surface area contributed by atoms with Crippen molar-refractivity contribution in [3.05, 3.63) is 33.8 Å². The molecular weight excluding hydrogens is 242 g/mol. The van der Waals surface area contributed by atoms with Crippen molar-refractivity contribution in [1.29, 1.82) is 0 Å². The van der Waals surface area contributed by atoms with Gasteiger partial charge in [0.2, 0.25) is 0 Å². The Labute approximate surface area is 82.9 Å². The Morgan fingerprint density at radius 2 is 2.08 bits per heavy atom. The van der Waals surface area contributed by atoms with Gasteiger partial charge < -0.3 is 0 Å². The third kappa shape index (κ3) is 2.34. The van der Waals surface area contributed by atoms with Gasteiger partial charge in [0.25, 0.3) is 6.43 Å². The van der Waals surface area contributed by atoms with Crippen molar-refractivity contribution in [2.75, 3.05) is 0 Å². The van der Waals surface area contributed by atoms with Crippen LogP contribution in [0.15, 0.2) is 22.7 Å². The molecule has 0 aliphatic heterocycles. The van der Waals surface area contributed by atoms with Crippen LogP contribution in [-0.2, 0) is 0 Å². The normalized spacial score (nSPS) is 10.5. The maximum Gasteiger partial charge on any atom is 0.263 e. The second-order valence-electron chi connectivity index (χ2n) is 2.60. The molecule has 1 aromatic carbocycles. The highest BCUT2D eigenvalue weighted by Gasteiger charge is 2.10. The van der Waals surface area contributed by atoms with Crippen molar-refractivity contribution < 1.29 is 13.6 Å². The van der Waals surface area contributed by atoms with Gasteiger partial charge in [-0.3, -0.25) is 4.79 Å². The summed E-state index contributed by atoms with van der Waals surface area (Å²) in [6, 6.07) is 3.92. The van der Waals surface area contributed by atoms with Gasteiger partial charge in [0.1, 0.15) is 0 Å². The quantitative estimate of drug-likeness (QED) is 0.732. The molecule has 0 fully saturated rings. The number of Topliss-reactive ketones (excluding diaryl/α,β-unsaturated/α-hetero) is 1. The number of ketones is 1. The Balaban J connectivity index is 3.13. The lowest BCUT2D eigenvalue weighted by Crippen LogP contribution is -1.95. The van der Waals surface area contributed by atoms with Crippen LogP contribution >= 0.6 is 15.9 Å².